The molecule has 1 fully saturated rings. The minimum atomic E-state index is 0.481. The van der Waals surface area contributed by atoms with Gasteiger partial charge >= 0.3 is 0 Å². The number of hydrogen-bond acceptors (Lipinski definition) is 7. The molecular formula is C32H27N5O2. The smallest absolute Gasteiger partial charge is 0.127 e. The van der Waals surface area contributed by atoms with E-state index in [1.165, 1.54) is 5.56 Å². The fourth-order valence-electron chi connectivity index (χ4n) is 4.72. The molecule has 6 rings (SSSR count). The number of fused-ring (bicyclic) bond motifs is 1. The molecule has 192 valence electrons. The summed E-state index contributed by atoms with van der Waals surface area (Å²) in [6.45, 7) is 4.27. The number of aromatic nitrogens is 2. The van der Waals surface area contributed by atoms with Crippen molar-refractivity contribution < 1.29 is 9.47 Å². The number of rotatable bonds is 7. The molecule has 0 aliphatic carbocycles. The van der Waals surface area contributed by atoms with Gasteiger partial charge in [-0.2, -0.15) is 5.26 Å². The summed E-state index contributed by atoms with van der Waals surface area (Å²) >= 11 is 0. The number of hydrogen-bond donors (Lipinski definition) is 1. The first kappa shape index (κ1) is 24.6. The lowest BCUT2D eigenvalue weighted by molar-refractivity contribution is 0.0341. The first-order valence-electron chi connectivity index (χ1n) is 12.9. The van der Waals surface area contributed by atoms with Gasteiger partial charge in [-0.05, 0) is 59.7 Å². The third-order valence-electron chi connectivity index (χ3n) is 6.73. The van der Waals surface area contributed by atoms with E-state index in [2.05, 4.69) is 38.4 Å². The Kier molecular flexibility index (Phi) is 7.13. The zero-order valence-electron chi connectivity index (χ0n) is 21.4. The lowest BCUT2D eigenvalue weighted by Gasteiger charge is -2.26. The lowest BCUT2D eigenvalue weighted by Crippen LogP contribution is -2.35. The number of benzene rings is 3. The van der Waals surface area contributed by atoms with E-state index >= 15 is 0 Å². The highest BCUT2D eigenvalue weighted by molar-refractivity contribution is 5.97. The van der Waals surface area contributed by atoms with E-state index in [0.717, 1.165) is 77.8 Å². The molecule has 1 N–H and O–H groups in total. The van der Waals surface area contributed by atoms with Gasteiger partial charge in [-0.25, -0.2) is 0 Å². The number of nitrogens with one attached hydrogen (secondary N) is 1. The van der Waals surface area contributed by atoms with E-state index < -0.39 is 0 Å². The molecular weight excluding hydrogens is 486 g/mol. The summed E-state index contributed by atoms with van der Waals surface area (Å²) < 4.78 is 11.4. The second kappa shape index (κ2) is 11.3. The molecule has 1 aliphatic heterocycles. The summed E-state index contributed by atoms with van der Waals surface area (Å²) in [4.78, 5) is 11.5. The monoisotopic (exact) mass is 513 g/mol. The Morgan fingerprint density at radius 1 is 0.872 bits per heavy atom. The topological polar surface area (TPSA) is 83.3 Å². The molecule has 39 heavy (non-hydrogen) atoms. The van der Waals surface area contributed by atoms with Crippen LogP contribution in [-0.2, 0) is 11.3 Å². The van der Waals surface area contributed by atoms with Crippen molar-refractivity contribution in [2.24, 2.45) is 0 Å². The average Bonchev–Trinajstić information content (AvgIpc) is 2.99. The third-order valence-corrected chi connectivity index (χ3v) is 6.73. The summed E-state index contributed by atoms with van der Waals surface area (Å²) in [7, 11) is 0. The molecule has 7 nitrogen and oxygen atoms in total. The van der Waals surface area contributed by atoms with Crippen LogP contribution >= 0.6 is 0 Å². The fourth-order valence-corrected chi connectivity index (χ4v) is 4.72. The maximum absolute atomic E-state index is 9.79. The lowest BCUT2D eigenvalue weighted by atomic mass is 10.0. The van der Waals surface area contributed by atoms with Gasteiger partial charge in [0.1, 0.15) is 17.6 Å². The minimum Gasteiger partial charge on any atom is -0.457 e. The van der Waals surface area contributed by atoms with Crippen molar-refractivity contribution in [1.82, 2.24) is 14.9 Å². The molecule has 0 bridgehead atoms. The maximum atomic E-state index is 9.79. The standard InChI is InChI=1S/C32H27N5O2/c33-18-26-21-35-31-17-24(25-16-23(19-34-20-25)22-37-12-14-38-15-13-37)6-11-30(31)32(26)36-27-7-9-29(10-8-27)39-28-4-2-1-3-5-28/h1-11,16-17,19-21H,12-15,22H2,(H,35,36). The highest BCUT2D eigenvalue weighted by atomic mass is 16.5. The zero-order chi connectivity index (χ0) is 26.4. The summed E-state index contributed by atoms with van der Waals surface area (Å²) in [6, 6.07) is 27.9. The van der Waals surface area contributed by atoms with Crippen molar-refractivity contribution in [3.8, 4) is 28.7 Å². The van der Waals surface area contributed by atoms with Gasteiger partial charge in [0.2, 0.25) is 0 Å². The third kappa shape index (κ3) is 5.73. The Hall–Kier alpha value is -4.77. The Morgan fingerprint density at radius 2 is 1.67 bits per heavy atom. The number of para-hydroxylation sites is 1. The minimum absolute atomic E-state index is 0.481. The number of anilines is 2. The van der Waals surface area contributed by atoms with Gasteiger partial charge < -0.3 is 14.8 Å². The molecule has 7 heteroatoms. The van der Waals surface area contributed by atoms with Gasteiger partial charge in [-0.15, -0.1) is 0 Å². The summed E-state index contributed by atoms with van der Waals surface area (Å²) in [6.07, 6.45) is 5.43. The number of pyridine rings is 2. The highest BCUT2D eigenvalue weighted by Crippen LogP contribution is 2.33. The zero-order valence-corrected chi connectivity index (χ0v) is 21.4. The summed E-state index contributed by atoms with van der Waals surface area (Å²) in [5.41, 5.74) is 6.10. The first-order valence-corrected chi connectivity index (χ1v) is 12.9. The Bertz CT molecular complexity index is 1630. The number of nitriles is 1. The normalized spacial score (nSPS) is 13.6. The van der Waals surface area contributed by atoms with Crippen molar-refractivity contribution in [2.75, 3.05) is 31.6 Å². The molecule has 1 saturated heterocycles. The molecule has 0 atom stereocenters. The molecule has 2 aromatic heterocycles. The van der Waals surface area contributed by atoms with Crippen molar-refractivity contribution in [3.63, 3.8) is 0 Å². The molecule has 3 aromatic carbocycles. The van der Waals surface area contributed by atoms with Gasteiger partial charge in [0.25, 0.3) is 0 Å². The van der Waals surface area contributed by atoms with E-state index in [1.54, 1.807) is 6.20 Å². The average molecular weight is 514 g/mol. The van der Waals surface area contributed by atoms with Crippen LogP contribution in [0.2, 0.25) is 0 Å². The summed E-state index contributed by atoms with van der Waals surface area (Å²) in [5.74, 6) is 1.52. The van der Waals surface area contributed by atoms with E-state index in [-0.39, 0.29) is 0 Å². The molecule has 0 radical (unpaired) electrons. The largest absolute Gasteiger partial charge is 0.457 e. The second-order valence-electron chi connectivity index (χ2n) is 9.43. The van der Waals surface area contributed by atoms with Crippen molar-refractivity contribution in [3.05, 3.63) is 109 Å². The molecule has 0 amide bonds. The number of nitrogens with zero attached hydrogens (tertiary/aromatic N) is 4. The second-order valence-corrected chi connectivity index (χ2v) is 9.43. The molecule has 1 aliphatic rings. The number of morpholine rings is 1. The van der Waals surface area contributed by atoms with E-state index in [4.69, 9.17) is 9.47 Å². The van der Waals surface area contributed by atoms with E-state index in [9.17, 15) is 5.26 Å². The first-order chi connectivity index (χ1) is 19.2. The van der Waals surface area contributed by atoms with Crippen LogP contribution in [0.1, 0.15) is 11.1 Å². The Labute approximate surface area is 227 Å². The Morgan fingerprint density at radius 3 is 2.46 bits per heavy atom. The van der Waals surface area contributed by atoms with Crippen molar-refractivity contribution >= 4 is 22.3 Å². The van der Waals surface area contributed by atoms with Crippen LogP contribution < -0.4 is 10.1 Å². The fraction of sp³-hybridized carbons (Fsp3) is 0.156. The maximum Gasteiger partial charge on any atom is 0.127 e. The van der Waals surface area contributed by atoms with Crippen molar-refractivity contribution in [1.29, 1.82) is 5.26 Å². The van der Waals surface area contributed by atoms with Crippen LogP contribution in [0.4, 0.5) is 11.4 Å². The molecule has 5 aromatic rings. The van der Waals surface area contributed by atoms with Gasteiger partial charge in [0.05, 0.1) is 30.0 Å². The molecule has 0 saturated carbocycles. The predicted molar refractivity (Wildman–Crippen MR) is 152 cm³/mol. The van der Waals surface area contributed by atoms with Crippen molar-refractivity contribution in [2.45, 2.75) is 6.54 Å². The molecule has 3 heterocycles. The van der Waals surface area contributed by atoms with Gasteiger partial charge in [-0.3, -0.25) is 14.9 Å². The van der Waals surface area contributed by atoms with Gasteiger partial charge in [-0.1, -0.05) is 30.3 Å². The van der Waals surface area contributed by atoms with Crippen LogP contribution in [-0.4, -0.2) is 41.2 Å². The van der Waals surface area contributed by atoms with Crippen LogP contribution in [0.5, 0.6) is 11.5 Å². The quantitative estimate of drug-likeness (QED) is 0.265. The van der Waals surface area contributed by atoms with E-state index in [1.807, 2.05) is 79.1 Å². The van der Waals surface area contributed by atoms with Crippen LogP contribution in [0.3, 0.4) is 0 Å². The SMILES string of the molecule is N#Cc1cnc2cc(-c3cncc(CN4CCOCC4)c3)ccc2c1Nc1ccc(Oc2ccccc2)cc1. The van der Waals surface area contributed by atoms with Crippen LogP contribution in [0.15, 0.2) is 97.5 Å². The van der Waals surface area contributed by atoms with Gasteiger partial charge in [0.15, 0.2) is 0 Å². The predicted octanol–water partition coefficient (Wildman–Crippen LogP) is 6.54. The molecule has 0 spiro atoms. The Balaban J connectivity index is 1.25. The van der Waals surface area contributed by atoms with E-state index in [0.29, 0.717) is 5.56 Å². The highest BCUT2D eigenvalue weighted by Gasteiger charge is 2.13. The van der Waals surface area contributed by atoms with Gasteiger partial charge in [0, 0.05) is 54.9 Å². The van der Waals surface area contributed by atoms with Crippen LogP contribution in [0, 0.1) is 11.3 Å². The van der Waals surface area contributed by atoms with Crippen LogP contribution in [0.25, 0.3) is 22.0 Å². The summed E-state index contributed by atoms with van der Waals surface area (Å²) in [5, 5.41) is 14.1. The number of ether oxygens (including phenoxy) is 2. The molecule has 0 unspecified atom stereocenters.